The Balaban J connectivity index is 1.37. The molecular weight excluding hydrogens is 512 g/mol. The van der Waals surface area contributed by atoms with Crippen molar-refractivity contribution in [1.29, 1.82) is 0 Å². The van der Waals surface area contributed by atoms with Crippen molar-refractivity contribution in [2.75, 3.05) is 11.9 Å². The molecule has 12 nitrogen and oxygen atoms in total. The molecule has 0 bridgehead atoms. The lowest BCUT2D eigenvalue weighted by Gasteiger charge is -2.19. The lowest BCUT2D eigenvalue weighted by molar-refractivity contribution is 0.0167. The van der Waals surface area contributed by atoms with Gasteiger partial charge in [0.25, 0.3) is 11.5 Å². The molecule has 0 aliphatic carbocycles. The molecule has 0 saturated carbocycles. The highest BCUT2D eigenvalue weighted by Crippen LogP contribution is 2.23. The van der Waals surface area contributed by atoms with Crippen LogP contribution in [0.2, 0.25) is 0 Å². The maximum Gasteiger partial charge on any atom is 0.275 e. The van der Waals surface area contributed by atoms with Gasteiger partial charge in [-0.2, -0.15) is 5.10 Å². The molecule has 1 unspecified atom stereocenters. The van der Waals surface area contributed by atoms with E-state index in [0.29, 0.717) is 60.0 Å². The number of carbonyl (C=O) groups is 1. The standard InChI is InChI=1S/C28H32N8O4/c1-18-13-20(14-23(31-18)22-15-29-35(3)27(22)39)25(38)33-28-32-24-16-30-34(2)26(24)36(28)11-9-21(10-12-37)40-17-19-7-5-4-6-8-19/h4-8,13-16,21,29,37H,9-12,17H2,1-3H3,(H,32,33,38). The molecule has 0 saturated heterocycles. The Bertz CT molecular complexity index is 1680. The number of amides is 1. The number of carbonyl (C=O) groups excluding carboxylic acids is 1. The second-order valence-electron chi connectivity index (χ2n) is 9.67. The zero-order valence-corrected chi connectivity index (χ0v) is 22.7. The minimum atomic E-state index is -0.379. The number of aliphatic hydroxyl groups excluding tert-OH is 1. The Morgan fingerprint density at radius 3 is 2.67 bits per heavy atom. The molecular formula is C28H32N8O4. The van der Waals surface area contributed by atoms with Crippen LogP contribution in [0.4, 0.5) is 5.95 Å². The molecule has 4 aromatic heterocycles. The summed E-state index contributed by atoms with van der Waals surface area (Å²) < 4.78 is 11.1. The molecule has 208 valence electrons. The monoisotopic (exact) mass is 544 g/mol. The number of ether oxygens (including phenoxy) is 1. The van der Waals surface area contributed by atoms with E-state index in [2.05, 4.69) is 25.5 Å². The fraction of sp³-hybridized carbons (Fsp3) is 0.321. The Hall–Kier alpha value is -4.55. The second-order valence-corrected chi connectivity index (χ2v) is 9.67. The lowest BCUT2D eigenvalue weighted by Crippen LogP contribution is -2.21. The van der Waals surface area contributed by atoms with Crippen molar-refractivity contribution in [2.24, 2.45) is 14.1 Å². The third-order valence-electron chi connectivity index (χ3n) is 6.74. The Morgan fingerprint density at radius 1 is 1.15 bits per heavy atom. The quantitative estimate of drug-likeness (QED) is 0.232. The molecule has 0 fully saturated rings. The zero-order valence-electron chi connectivity index (χ0n) is 22.7. The van der Waals surface area contributed by atoms with Crippen molar-refractivity contribution in [3.8, 4) is 11.3 Å². The molecule has 5 rings (SSSR count). The number of pyridine rings is 1. The summed E-state index contributed by atoms with van der Waals surface area (Å²) >= 11 is 0. The summed E-state index contributed by atoms with van der Waals surface area (Å²) in [4.78, 5) is 34.9. The zero-order chi connectivity index (χ0) is 28.2. The minimum Gasteiger partial charge on any atom is -0.396 e. The number of aryl methyl sites for hydroxylation is 4. The number of fused-ring (bicyclic) bond motifs is 1. The van der Waals surface area contributed by atoms with Gasteiger partial charge in [0.05, 0.1) is 30.2 Å². The Morgan fingerprint density at radius 2 is 1.95 bits per heavy atom. The highest BCUT2D eigenvalue weighted by molar-refractivity contribution is 6.04. The number of aromatic amines is 1. The van der Waals surface area contributed by atoms with E-state index in [-0.39, 0.29) is 24.2 Å². The predicted octanol–water partition coefficient (Wildman–Crippen LogP) is 2.78. The van der Waals surface area contributed by atoms with Gasteiger partial charge in [0.1, 0.15) is 5.52 Å². The first-order valence-electron chi connectivity index (χ1n) is 13.0. The summed E-state index contributed by atoms with van der Waals surface area (Å²) in [6, 6.07) is 13.1. The van der Waals surface area contributed by atoms with E-state index < -0.39 is 0 Å². The van der Waals surface area contributed by atoms with Crippen molar-refractivity contribution in [3.63, 3.8) is 0 Å². The average Bonchev–Trinajstić information content (AvgIpc) is 3.59. The van der Waals surface area contributed by atoms with Crippen LogP contribution in [0, 0.1) is 6.92 Å². The summed E-state index contributed by atoms with van der Waals surface area (Å²) in [5, 5.41) is 19.7. The maximum atomic E-state index is 13.4. The highest BCUT2D eigenvalue weighted by Gasteiger charge is 2.20. The minimum absolute atomic E-state index is 0.00206. The SMILES string of the molecule is Cc1cc(C(=O)Nc2nc3cnn(C)c3n2CCC(CCO)OCc2ccccc2)cc(-c2c[nH]n(C)c2=O)n1. The van der Waals surface area contributed by atoms with E-state index >= 15 is 0 Å². The first-order chi connectivity index (χ1) is 19.3. The van der Waals surface area contributed by atoms with Gasteiger partial charge in [-0.25, -0.2) is 4.98 Å². The average molecular weight is 545 g/mol. The number of aromatic nitrogens is 7. The Labute approximate surface area is 230 Å². The molecule has 40 heavy (non-hydrogen) atoms. The molecule has 0 spiro atoms. The van der Waals surface area contributed by atoms with Gasteiger partial charge in [-0.1, -0.05) is 30.3 Å². The van der Waals surface area contributed by atoms with E-state index in [1.54, 1.807) is 43.2 Å². The summed E-state index contributed by atoms with van der Waals surface area (Å²) in [7, 11) is 3.44. The van der Waals surface area contributed by atoms with E-state index in [1.165, 1.54) is 4.68 Å². The van der Waals surface area contributed by atoms with Crippen molar-refractivity contribution in [3.05, 3.63) is 82.0 Å². The molecule has 1 amide bonds. The smallest absolute Gasteiger partial charge is 0.275 e. The first-order valence-corrected chi connectivity index (χ1v) is 13.0. The summed E-state index contributed by atoms with van der Waals surface area (Å²) in [5.41, 5.74) is 3.96. The predicted molar refractivity (Wildman–Crippen MR) is 150 cm³/mol. The van der Waals surface area contributed by atoms with Crippen molar-refractivity contribution in [1.82, 2.24) is 34.1 Å². The largest absolute Gasteiger partial charge is 0.396 e. The fourth-order valence-electron chi connectivity index (χ4n) is 4.67. The van der Waals surface area contributed by atoms with Gasteiger partial charge in [-0.3, -0.25) is 33.8 Å². The summed E-state index contributed by atoms with van der Waals surface area (Å²) in [5.74, 6) is -0.0109. The molecule has 0 aliphatic rings. The second kappa shape index (κ2) is 11.7. The normalized spacial score (nSPS) is 12.2. The summed E-state index contributed by atoms with van der Waals surface area (Å²) in [6.45, 7) is 2.69. The number of anilines is 1. The number of hydrogen-bond acceptors (Lipinski definition) is 7. The number of rotatable bonds is 11. The third kappa shape index (κ3) is 5.72. The molecule has 1 aromatic carbocycles. The van der Waals surface area contributed by atoms with Crippen LogP contribution in [-0.4, -0.2) is 57.8 Å². The molecule has 4 heterocycles. The van der Waals surface area contributed by atoms with Crippen molar-refractivity contribution >= 4 is 23.0 Å². The van der Waals surface area contributed by atoms with Crippen LogP contribution < -0.4 is 10.9 Å². The number of imidazole rings is 1. The van der Waals surface area contributed by atoms with Gasteiger partial charge < -0.3 is 14.9 Å². The van der Waals surface area contributed by atoms with Gasteiger partial charge in [0.2, 0.25) is 5.95 Å². The molecule has 3 N–H and O–H groups in total. The topological polar surface area (TPSA) is 145 Å². The third-order valence-corrected chi connectivity index (χ3v) is 6.74. The van der Waals surface area contributed by atoms with Crippen LogP contribution in [0.25, 0.3) is 22.4 Å². The van der Waals surface area contributed by atoms with Crippen LogP contribution in [0.5, 0.6) is 0 Å². The molecule has 12 heteroatoms. The molecule has 1 atom stereocenters. The van der Waals surface area contributed by atoms with Gasteiger partial charge in [-0.15, -0.1) is 0 Å². The van der Waals surface area contributed by atoms with Gasteiger partial charge in [0, 0.05) is 44.7 Å². The number of nitrogens with zero attached hydrogens (tertiary/aromatic N) is 6. The summed E-state index contributed by atoms with van der Waals surface area (Å²) in [6.07, 6.45) is 4.09. The molecule has 5 aromatic rings. The maximum absolute atomic E-state index is 13.4. The molecule has 0 aliphatic heterocycles. The highest BCUT2D eigenvalue weighted by atomic mass is 16.5. The molecule has 0 radical (unpaired) electrons. The van der Waals surface area contributed by atoms with Gasteiger partial charge in [-0.05, 0) is 37.5 Å². The van der Waals surface area contributed by atoms with E-state index in [4.69, 9.17) is 4.74 Å². The fourth-order valence-corrected chi connectivity index (χ4v) is 4.67. The van der Waals surface area contributed by atoms with Crippen LogP contribution in [0.15, 0.2) is 59.7 Å². The van der Waals surface area contributed by atoms with Crippen molar-refractivity contribution in [2.45, 2.75) is 39.0 Å². The van der Waals surface area contributed by atoms with Crippen LogP contribution in [0.1, 0.15) is 34.5 Å². The number of benzene rings is 1. The number of hydrogen-bond donors (Lipinski definition) is 3. The van der Waals surface area contributed by atoms with E-state index in [1.807, 2.05) is 41.9 Å². The van der Waals surface area contributed by atoms with E-state index in [9.17, 15) is 14.7 Å². The van der Waals surface area contributed by atoms with Gasteiger partial charge >= 0.3 is 0 Å². The van der Waals surface area contributed by atoms with Gasteiger partial charge in [0.15, 0.2) is 5.65 Å². The van der Waals surface area contributed by atoms with Crippen LogP contribution in [-0.2, 0) is 32.0 Å². The Kier molecular flexibility index (Phi) is 7.89. The number of aliphatic hydroxyl groups is 1. The van der Waals surface area contributed by atoms with Crippen molar-refractivity contribution < 1.29 is 14.6 Å². The first kappa shape index (κ1) is 27.0. The lowest BCUT2D eigenvalue weighted by atomic mass is 10.1. The number of nitrogens with one attached hydrogen (secondary N) is 2. The van der Waals surface area contributed by atoms with Crippen LogP contribution in [0.3, 0.4) is 0 Å². The number of H-pyrrole nitrogens is 1. The van der Waals surface area contributed by atoms with E-state index in [0.717, 1.165) is 11.2 Å². The van der Waals surface area contributed by atoms with Crippen LogP contribution >= 0.6 is 0 Å².